The van der Waals surface area contributed by atoms with E-state index in [-0.39, 0.29) is 17.7 Å². The highest BCUT2D eigenvalue weighted by Gasteiger charge is 2.23. The van der Waals surface area contributed by atoms with Gasteiger partial charge in [-0.05, 0) is 53.4 Å². The monoisotopic (exact) mass is 393 g/mol. The van der Waals surface area contributed by atoms with Gasteiger partial charge in [-0.15, -0.1) is 0 Å². The Hall–Kier alpha value is -1.70. The van der Waals surface area contributed by atoms with Crippen LogP contribution >= 0.6 is 11.6 Å². The van der Waals surface area contributed by atoms with Gasteiger partial charge in [0.05, 0.1) is 40.0 Å². The van der Waals surface area contributed by atoms with Crippen LogP contribution in [0.3, 0.4) is 0 Å². The van der Waals surface area contributed by atoms with Crippen LogP contribution in [0.5, 0.6) is 0 Å². The zero-order valence-electron chi connectivity index (χ0n) is 16.3. The summed E-state index contributed by atoms with van der Waals surface area (Å²) in [6, 6.07) is 0.230. The van der Waals surface area contributed by atoms with E-state index in [2.05, 4.69) is 25.6 Å². The molecule has 1 fully saturated rings. The van der Waals surface area contributed by atoms with E-state index < -0.39 is 6.10 Å². The van der Waals surface area contributed by atoms with E-state index in [1.54, 1.807) is 13.1 Å². The molecule has 0 unspecified atom stereocenters. The quantitative estimate of drug-likeness (QED) is 0.628. The maximum absolute atomic E-state index is 9.94. The van der Waals surface area contributed by atoms with Crippen LogP contribution in [0.1, 0.15) is 65.2 Å². The fourth-order valence-corrected chi connectivity index (χ4v) is 3.70. The lowest BCUT2D eigenvalue weighted by Gasteiger charge is -2.27. The minimum Gasteiger partial charge on any atom is -0.393 e. The lowest BCUT2D eigenvalue weighted by Crippen LogP contribution is -2.30. The van der Waals surface area contributed by atoms with Crippen LogP contribution < -0.4 is 10.6 Å². The summed E-state index contributed by atoms with van der Waals surface area (Å²) in [5.74, 6) is 1.12. The van der Waals surface area contributed by atoms with E-state index in [0.717, 1.165) is 25.7 Å². The fraction of sp³-hybridized carbons (Fsp3) is 0.632. The normalized spacial score (nSPS) is 21.9. The first-order chi connectivity index (χ1) is 12.6. The summed E-state index contributed by atoms with van der Waals surface area (Å²) in [5.41, 5.74) is 0.793. The minimum atomic E-state index is -0.782. The van der Waals surface area contributed by atoms with Gasteiger partial charge in [0, 0.05) is 11.6 Å². The SMILES string of the molecule is C[C@@H](O)c1ncc2nc(NC3CCC(O)CC3)nc(NC(C)(C)C)c2c1Cl. The van der Waals surface area contributed by atoms with E-state index in [1.807, 2.05) is 20.8 Å². The first-order valence-corrected chi connectivity index (χ1v) is 9.79. The van der Waals surface area contributed by atoms with Gasteiger partial charge in [0.15, 0.2) is 0 Å². The summed E-state index contributed by atoms with van der Waals surface area (Å²) >= 11 is 6.54. The molecule has 0 saturated heterocycles. The molecule has 148 valence electrons. The van der Waals surface area contributed by atoms with Gasteiger partial charge in [-0.3, -0.25) is 4.98 Å². The highest BCUT2D eigenvalue weighted by Crippen LogP contribution is 2.35. The van der Waals surface area contributed by atoms with Crippen LogP contribution in [-0.2, 0) is 0 Å². The zero-order valence-corrected chi connectivity index (χ0v) is 17.0. The van der Waals surface area contributed by atoms with Crippen LogP contribution in [0.2, 0.25) is 5.02 Å². The summed E-state index contributed by atoms with van der Waals surface area (Å²) in [6.45, 7) is 7.76. The fourth-order valence-electron chi connectivity index (χ4n) is 3.31. The Labute approximate surface area is 164 Å². The summed E-state index contributed by atoms with van der Waals surface area (Å²) in [7, 11) is 0. The van der Waals surface area contributed by atoms with Crippen LogP contribution in [0.25, 0.3) is 10.9 Å². The summed E-state index contributed by atoms with van der Waals surface area (Å²) in [6.07, 6.45) is 3.95. The van der Waals surface area contributed by atoms with Crippen LogP contribution in [-0.4, -0.2) is 42.8 Å². The molecule has 8 heteroatoms. The van der Waals surface area contributed by atoms with E-state index in [1.165, 1.54) is 0 Å². The largest absolute Gasteiger partial charge is 0.393 e. The molecule has 0 bridgehead atoms. The average Bonchev–Trinajstić information content (AvgIpc) is 2.55. The van der Waals surface area contributed by atoms with Crippen LogP contribution in [0.15, 0.2) is 6.20 Å². The van der Waals surface area contributed by atoms with Gasteiger partial charge in [0.25, 0.3) is 0 Å². The topological polar surface area (TPSA) is 103 Å². The number of aromatic nitrogens is 3. The second-order valence-corrected chi connectivity index (χ2v) is 8.69. The highest BCUT2D eigenvalue weighted by molar-refractivity contribution is 6.37. The number of nitrogens with zero attached hydrogens (tertiary/aromatic N) is 3. The van der Waals surface area contributed by atoms with Crippen molar-refractivity contribution in [2.75, 3.05) is 10.6 Å². The lowest BCUT2D eigenvalue weighted by atomic mass is 9.93. The molecule has 4 N–H and O–H groups in total. The number of aliphatic hydroxyl groups excluding tert-OH is 2. The zero-order chi connectivity index (χ0) is 19.8. The molecular formula is C19H28ClN5O2. The van der Waals surface area contributed by atoms with Crippen molar-refractivity contribution < 1.29 is 10.2 Å². The maximum atomic E-state index is 9.94. The molecule has 0 aliphatic heterocycles. The molecule has 27 heavy (non-hydrogen) atoms. The number of pyridine rings is 1. The van der Waals surface area contributed by atoms with E-state index in [4.69, 9.17) is 11.6 Å². The molecule has 1 aliphatic rings. The number of rotatable bonds is 4. The Morgan fingerprint density at radius 2 is 1.85 bits per heavy atom. The molecule has 0 spiro atoms. The molecule has 1 atom stereocenters. The third-order valence-corrected chi connectivity index (χ3v) is 5.01. The molecule has 1 aliphatic carbocycles. The Bertz CT molecular complexity index is 814. The molecule has 1 saturated carbocycles. The van der Waals surface area contributed by atoms with Crippen molar-refractivity contribution in [3.8, 4) is 0 Å². The number of fused-ring (bicyclic) bond motifs is 1. The Morgan fingerprint density at radius 3 is 2.44 bits per heavy atom. The maximum Gasteiger partial charge on any atom is 0.225 e. The van der Waals surface area contributed by atoms with Gasteiger partial charge in [0.1, 0.15) is 5.82 Å². The first kappa shape index (κ1) is 20.0. The van der Waals surface area contributed by atoms with Crippen molar-refractivity contribution >= 4 is 34.3 Å². The van der Waals surface area contributed by atoms with E-state index >= 15 is 0 Å². The van der Waals surface area contributed by atoms with Gasteiger partial charge in [0.2, 0.25) is 5.95 Å². The number of hydrogen-bond donors (Lipinski definition) is 4. The average molecular weight is 394 g/mol. The third-order valence-electron chi connectivity index (χ3n) is 4.63. The second-order valence-electron chi connectivity index (χ2n) is 8.31. The van der Waals surface area contributed by atoms with Gasteiger partial charge >= 0.3 is 0 Å². The van der Waals surface area contributed by atoms with Gasteiger partial charge in [-0.2, -0.15) is 4.98 Å². The van der Waals surface area contributed by atoms with E-state index in [0.29, 0.717) is 33.4 Å². The Balaban J connectivity index is 2.02. The number of nitrogens with one attached hydrogen (secondary N) is 2. The molecule has 0 aromatic carbocycles. The number of hydrogen-bond acceptors (Lipinski definition) is 7. The second kappa shape index (κ2) is 7.73. The number of halogens is 1. The van der Waals surface area contributed by atoms with Crippen molar-refractivity contribution in [1.29, 1.82) is 0 Å². The number of aliphatic hydroxyl groups is 2. The molecular weight excluding hydrogens is 366 g/mol. The van der Waals surface area contributed by atoms with Gasteiger partial charge < -0.3 is 20.8 Å². The molecule has 0 amide bonds. The minimum absolute atomic E-state index is 0.208. The lowest BCUT2D eigenvalue weighted by molar-refractivity contribution is 0.126. The van der Waals surface area contributed by atoms with Crippen molar-refractivity contribution in [3.05, 3.63) is 16.9 Å². The molecule has 2 aromatic heterocycles. The predicted molar refractivity (Wildman–Crippen MR) is 108 cm³/mol. The number of anilines is 2. The van der Waals surface area contributed by atoms with Crippen LogP contribution in [0.4, 0.5) is 11.8 Å². The van der Waals surface area contributed by atoms with E-state index in [9.17, 15) is 10.2 Å². The van der Waals surface area contributed by atoms with Crippen molar-refractivity contribution in [1.82, 2.24) is 15.0 Å². The highest BCUT2D eigenvalue weighted by atomic mass is 35.5. The summed E-state index contributed by atoms with van der Waals surface area (Å²) < 4.78 is 0. The van der Waals surface area contributed by atoms with Gasteiger partial charge in [-0.1, -0.05) is 11.6 Å². The summed E-state index contributed by atoms with van der Waals surface area (Å²) in [4.78, 5) is 13.5. The molecule has 0 radical (unpaired) electrons. The van der Waals surface area contributed by atoms with Crippen molar-refractivity contribution in [3.63, 3.8) is 0 Å². The molecule has 2 heterocycles. The smallest absolute Gasteiger partial charge is 0.225 e. The van der Waals surface area contributed by atoms with Crippen LogP contribution in [0, 0.1) is 0 Å². The van der Waals surface area contributed by atoms with Crippen molar-refractivity contribution in [2.24, 2.45) is 0 Å². The third kappa shape index (κ3) is 4.78. The van der Waals surface area contributed by atoms with Crippen molar-refractivity contribution in [2.45, 2.75) is 77.2 Å². The standard InChI is InChI=1S/C19H28ClN5O2/c1-10(26)16-15(20)14-13(9-21-16)23-18(24-17(14)25-19(2,3)4)22-11-5-7-12(27)8-6-11/h9-12,26-27H,5-8H2,1-4H3,(H2,22,23,24,25)/t10-,11?,12?/m1/s1. The molecule has 3 rings (SSSR count). The van der Waals surface area contributed by atoms with Gasteiger partial charge in [-0.25, -0.2) is 4.98 Å². The Kier molecular flexibility index (Phi) is 5.74. The summed E-state index contributed by atoms with van der Waals surface area (Å²) in [5, 5.41) is 27.4. The predicted octanol–water partition coefficient (Wildman–Crippen LogP) is 3.66. The Morgan fingerprint density at radius 1 is 1.19 bits per heavy atom. The molecule has 2 aromatic rings. The first-order valence-electron chi connectivity index (χ1n) is 9.41. The molecule has 7 nitrogen and oxygen atoms in total.